The number of pyridine rings is 1. The number of carbonyl (C=O) groups is 2. The number of piperidine rings is 1. The minimum absolute atomic E-state index is 0.0532. The molecule has 12 nitrogen and oxygen atoms in total. The van der Waals surface area contributed by atoms with E-state index >= 15 is 0 Å². The highest BCUT2D eigenvalue weighted by molar-refractivity contribution is 7.89. The normalized spacial score (nSPS) is 18.9. The van der Waals surface area contributed by atoms with Crippen LogP contribution in [0.5, 0.6) is 5.88 Å². The van der Waals surface area contributed by atoms with Crippen molar-refractivity contribution in [2.75, 3.05) is 46.0 Å². The van der Waals surface area contributed by atoms with E-state index in [0.717, 1.165) is 25.9 Å². The van der Waals surface area contributed by atoms with Crippen LogP contribution >= 0.6 is 0 Å². The summed E-state index contributed by atoms with van der Waals surface area (Å²) in [4.78, 5) is 28.3. The maximum Gasteiger partial charge on any atom is 0.407 e. The van der Waals surface area contributed by atoms with Crippen LogP contribution in [-0.2, 0) is 29.0 Å². The van der Waals surface area contributed by atoms with E-state index in [-0.39, 0.29) is 42.0 Å². The summed E-state index contributed by atoms with van der Waals surface area (Å²) in [6.07, 6.45) is 5.15. The summed E-state index contributed by atoms with van der Waals surface area (Å²) in [6.45, 7) is 11.7. The van der Waals surface area contributed by atoms with Crippen LogP contribution in [0.1, 0.15) is 59.3 Å². The van der Waals surface area contributed by atoms with Gasteiger partial charge in [-0.25, -0.2) is 18.2 Å². The van der Waals surface area contributed by atoms with Crippen LogP contribution in [0, 0.1) is 5.92 Å². The monoisotopic (exact) mass is 596 g/mol. The van der Waals surface area contributed by atoms with Crippen LogP contribution in [0.4, 0.5) is 4.79 Å². The summed E-state index contributed by atoms with van der Waals surface area (Å²) < 4.78 is 49.6. The second-order valence-electron chi connectivity index (χ2n) is 11.3. The lowest BCUT2D eigenvalue weighted by Gasteiger charge is -2.30. The molecule has 1 aromatic rings. The summed E-state index contributed by atoms with van der Waals surface area (Å²) in [7, 11) is -3.72. The Kier molecular flexibility index (Phi) is 12.4. The van der Waals surface area contributed by atoms with Crippen LogP contribution in [0.25, 0.3) is 0 Å². The second kappa shape index (κ2) is 15.5. The quantitative estimate of drug-likeness (QED) is 0.259. The van der Waals surface area contributed by atoms with Gasteiger partial charge in [-0.1, -0.05) is 6.58 Å². The van der Waals surface area contributed by atoms with E-state index < -0.39 is 21.7 Å². The molecule has 2 N–H and O–H groups in total. The third-order valence-corrected chi connectivity index (χ3v) is 8.45. The molecule has 1 aromatic heterocycles. The maximum atomic E-state index is 13.1. The first kappa shape index (κ1) is 32.8. The molecule has 2 aliphatic rings. The minimum Gasteiger partial charge on any atom is -0.473 e. The van der Waals surface area contributed by atoms with E-state index in [4.69, 9.17) is 18.9 Å². The average molecular weight is 597 g/mol. The Bertz CT molecular complexity index is 1110. The molecule has 3 heterocycles. The Morgan fingerprint density at radius 1 is 1.15 bits per heavy atom. The van der Waals surface area contributed by atoms with E-state index in [9.17, 15) is 18.0 Å². The Morgan fingerprint density at radius 2 is 1.90 bits per heavy atom. The standard InChI is InChI=1S/C28H44N4O8S/c1-21(18-31-27(34)40-28(2,3)4)20-39-25-9-8-23(19-30-25)41(35,36)32-13-10-22(11-14-32)17-24(33)29-12-16-38-26-7-5-6-15-37-26/h8-9,19,22,26H,1,5-7,10-18,20H2,2-4H3,(H,29,33)(H,31,34). The van der Waals surface area contributed by atoms with Crippen molar-refractivity contribution in [3.05, 3.63) is 30.5 Å². The van der Waals surface area contributed by atoms with Crippen LogP contribution in [0.2, 0.25) is 0 Å². The van der Waals surface area contributed by atoms with Crippen LogP contribution in [0.15, 0.2) is 35.4 Å². The highest BCUT2D eigenvalue weighted by Crippen LogP contribution is 2.26. The second-order valence-corrected chi connectivity index (χ2v) is 13.2. The van der Waals surface area contributed by atoms with Gasteiger partial charge in [-0.3, -0.25) is 4.79 Å². The van der Waals surface area contributed by atoms with Gasteiger partial charge in [-0.15, -0.1) is 0 Å². The highest BCUT2D eigenvalue weighted by Gasteiger charge is 2.30. The fourth-order valence-electron chi connectivity index (χ4n) is 4.40. The van der Waals surface area contributed by atoms with Gasteiger partial charge in [-0.2, -0.15) is 4.31 Å². The number of hydrogen-bond donors (Lipinski definition) is 2. The van der Waals surface area contributed by atoms with Gasteiger partial charge in [0, 0.05) is 45.3 Å². The smallest absolute Gasteiger partial charge is 0.407 e. The van der Waals surface area contributed by atoms with Crippen molar-refractivity contribution >= 4 is 22.0 Å². The molecule has 41 heavy (non-hydrogen) atoms. The Morgan fingerprint density at radius 3 is 2.54 bits per heavy atom. The molecule has 0 aliphatic carbocycles. The van der Waals surface area contributed by atoms with Gasteiger partial charge in [0.05, 0.1) is 12.8 Å². The third kappa shape index (κ3) is 11.6. The van der Waals surface area contributed by atoms with Gasteiger partial charge < -0.3 is 29.6 Å². The minimum atomic E-state index is -3.72. The summed E-state index contributed by atoms with van der Waals surface area (Å²) in [5, 5.41) is 5.48. The number of alkyl carbamates (subject to hydrolysis) is 1. The summed E-state index contributed by atoms with van der Waals surface area (Å²) in [6, 6.07) is 2.95. The number of ether oxygens (including phenoxy) is 4. The van der Waals surface area contributed by atoms with Gasteiger partial charge in [0.1, 0.15) is 17.1 Å². The van der Waals surface area contributed by atoms with Gasteiger partial charge in [0.2, 0.25) is 21.8 Å². The molecular formula is C28H44N4O8S. The summed E-state index contributed by atoms with van der Waals surface area (Å²) >= 11 is 0. The lowest BCUT2D eigenvalue weighted by molar-refractivity contribution is -0.161. The molecule has 230 valence electrons. The molecule has 0 saturated carbocycles. The Labute approximate surface area is 243 Å². The van der Waals surface area contributed by atoms with Crippen molar-refractivity contribution in [3.8, 4) is 5.88 Å². The SMILES string of the molecule is C=C(CNC(=O)OC(C)(C)C)COc1ccc(S(=O)(=O)N2CCC(CC(=O)NCCOC3CCCCO3)CC2)cn1. The number of sulfonamides is 1. The molecule has 0 aromatic carbocycles. The first-order chi connectivity index (χ1) is 19.4. The Balaban J connectivity index is 1.35. The van der Waals surface area contributed by atoms with Crippen LogP contribution in [0.3, 0.4) is 0 Å². The summed E-state index contributed by atoms with van der Waals surface area (Å²) in [5.74, 6) is 0.308. The zero-order valence-corrected chi connectivity index (χ0v) is 25.2. The molecule has 2 amide bonds. The average Bonchev–Trinajstić information content (AvgIpc) is 2.93. The number of nitrogens with zero attached hydrogens (tertiary/aromatic N) is 2. The fourth-order valence-corrected chi connectivity index (χ4v) is 5.82. The van der Waals surface area contributed by atoms with E-state index in [1.165, 1.54) is 22.6 Å². The predicted octanol–water partition coefficient (Wildman–Crippen LogP) is 2.99. The summed E-state index contributed by atoms with van der Waals surface area (Å²) in [5.41, 5.74) is -0.00575. The van der Waals surface area contributed by atoms with Gasteiger partial charge >= 0.3 is 6.09 Å². The van der Waals surface area contributed by atoms with E-state index in [2.05, 4.69) is 22.2 Å². The number of amides is 2. The molecule has 2 saturated heterocycles. The molecule has 2 aliphatic heterocycles. The lowest BCUT2D eigenvalue weighted by Crippen LogP contribution is -2.40. The Hall–Kier alpha value is -2.74. The van der Waals surface area contributed by atoms with Crippen molar-refractivity contribution in [1.29, 1.82) is 0 Å². The number of nitrogens with one attached hydrogen (secondary N) is 2. The fraction of sp³-hybridized carbons (Fsp3) is 0.679. The van der Waals surface area contributed by atoms with Gasteiger partial charge in [0.25, 0.3) is 0 Å². The van der Waals surface area contributed by atoms with Crippen LogP contribution < -0.4 is 15.4 Å². The van der Waals surface area contributed by atoms with Crippen molar-refractivity contribution in [2.24, 2.45) is 5.92 Å². The largest absolute Gasteiger partial charge is 0.473 e. The van der Waals surface area contributed by atoms with Crippen molar-refractivity contribution in [1.82, 2.24) is 19.9 Å². The number of aromatic nitrogens is 1. The van der Waals surface area contributed by atoms with Gasteiger partial charge in [-0.05, 0) is 70.4 Å². The van der Waals surface area contributed by atoms with Crippen molar-refractivity contribution in [3.63, 3.8) is 0 Å². The molecule has 0 radical (unpaired) electrons. The molecule has 0 spiro atoms. The lowest BCUT2D eigenvalue weighted by atomic mass is 9.94. The molecular weight excluding hydrogens is 552 g/mol. The molecule has 13 heteroatoms. The molecule has 1 unspecified atom stereocenters. The number of hydrogen-bond acceptors (Lipinski definition) is 9. The zero-order valence-electron chi connectivity index (χ0n) is 24.4. The van der Waals surface area contributed by atoms with Crippen LogP contribution in [-0.4, -0.2) is 87.6 Å². The van der Waals surface area contributed by atoms with E-state index in [1.807, 2.05) is 0 Å². The van der Waals surface area contributed by atoms with E-state index in [0.29, 0.717) is 51.1 Å². The topological polar surface area (TPSA) is 145 Å². The molecule has 3 rings (SSSR count). The molecule has 0 bridgehead atoms. The number of carbonyl (C=O) groups excluding carboxylic acids is 2. The first-order valence-electron chi connectivity index (χ1n) is 14.1. The van der Waals surface area contributed by atoms with Crippen molar-refractivity contribution < 1.29 is 37.0 Å². The van der Waals surface area contributed by atoms with Crippen molar-refractivity contribution in [2.45, 2.75) is 76.1 Å². The maximum absolute atomic E-state index is 13.1. The highest BCUT2D eigenvalue weighted by atomic mass is 32.2. The number of rotatable bonds is 13. The first-order valence-corrected chi connectivity index (χ1v) is 15.6. The molecule has 2 fully saturated rings. The predicted molar refractivity (Wildman–Crippen MR) is 152 cm³/mol. The zero-order chi connectivity index (χ0) is 29.9. The third-order valence-electron chi connectivity index (χ3n) is 6.57. The van der Waals surface area contributed by atoms with E-state index in [1.54, 1.807) is 20.8 Å². The molecule has 1 atom stereocenters. The van der Waals surface area contributed by atoms with Gasteiger partial charge in [0.15, 0.2) is 6.29 Å².